The average molecular weight is 258 g/mol. The molecule has 4 nitrogen and oxygen atoms in total. The van der Waals surface area contributed by atoms with Gasteiger partial charge >= 0.3 is 0 Å². The maximum atomic E-state index is 11.6. The summed E-state index contributed by atoms with van der Waals surface area (Å²) < 4.78 is 11.6. The van der Waals surface area contributed by atoms with E-state index in [9.17, 15) is 9.00 Å². The minimum absolute atomic E-state index is 0.0295. The molecule has 1 unspecified atom stereocenters. The van der Waals surface area contributed by atoms with Gasteiger partial charge in [0.15, 0.2) is 0 Å². The summed E-state index contributed by atoms with van der Waals surface area (Å²) in [6.07, 6.45) is 1.59. The smallest absolute Gasteiger partial charge is 0.223 e. The summed E-state index contributed by atoms with van der Waals surface area (Å²) in [6, 6.07) is 2.00. The normalized spacial score (nSPS) is 12.2. The lowest BCUT2D eigenvalue weighted by Gasteiger charge is -2.15. The first kappa shape index (κ1) is 16.1. The number of carbonyl (C=O) groups excluding carboxylic acids is 1. The molecule has 5 heteroatoms. The Morgan fingerprint density at radius 1 is 1.41 bits per heavy atom. The minimum atomic E-state index is -0.896. The standard InChI is InChI=1S/C12H22N2O2S/c1-11(2)5-9-17(16)10-6-12(15)14(3)8-4-7-13/h11H,4-6,8-10H2,1-3H3. The van der Waals surface area contributed by atoms with E-state index in [-0.39, 0.29) is 5.91 Å². The third-order valence-corrected chi connectivity index (χ3v) is 3.80. The van der Waals surface area contributed by atoms with Gasteiger partial charge in [-0.3, -0.25) is 9.00 Å². The van der Waals surface area contributed by atoms with Gasteiger partial charge in [0.2, 0.25) is 5.91 Å². The van der Waals surface area contributed by atoms with Crippen LogP contribution in [-0.4, -0.2) is 40.1 Å². The lowest BCUT2D eigenvalue weighted by molar-refractivity contribution is -0.129. The number of hydrogen-bond acceptors (Lipinski definition) is 3. The predicted molar refractivity (Wildman–Crippen MR) is 69.8 cm³/mol. The van der Waals surface area contributed by atoms with Gasteiger partial charge in [-0.15, -0.1) is 0 Å². The first-order valence-electron chi connectivity index (χ1n) is 5.93. The van der Waals surface area contributed by atoms with Gasteiger partial charge in [0.25, 0.3) is 0 Å². The van der Waals surface area contributed by atoms with Gasteiger partial charge in [-0.1, -0.05) is 13.8 Å². The van der Waals surface area contributed by atoms with Crippen molar-refractivity contribution in [3.8, 4) is 6.07 Å². The molecule has 0 N–H and O–H groups in total. The Labute approximate surface area is 106 Å². The fourth-order valence-corrected chi connectivity index (χ4v) is 2.54. The van der Waals surface area contributed by atoms with Crippen LogP contribution in [0.3, 0.4) is 0 Å². The van der Waals surface area contributed by atoms with Crippen molar-refractivity contribution in [2.24, 2.45) is 5.92 Å². The van der Waals surface area contributed by atoms with E-state index in [1.807, 2.05) is 6.07 Å². The first-order chi connectivity index (χ1) is 7.97. The summed E-state index contributed by atoms with van der Waals surface area (Å²) in [7, 11) is 0.781. The molecule has 0 saturated heterocycles. The molecule has 0 bridgehead atoms. The molecule has 0 spiro atoms. The van der Waals surface area contributed by atoms with Gasteiger partial charge < -0.3 is 4.90 Å². The third-order valence-electron chi connectivity index (χ3n) is 2.45. The molecular formula is C12H22N2O2S. The van der Waals surface area contributed by atoms with Gasteiger partial charge in [-0.2, -0.15) is 5.26 Å². The van der Waals surface area contributed by atoms with E-state index in [1.165, 1.54) is 4.90 Å². The van der Waals surface area contributed by atoms with Crippen molar-refractivity contribution in [3.05, 3.63) is 0 Å². The van der Waals surface area contributed by atoms with Gasteiger partial charge in [0, 0.05) is 42.3 Å². The van der Waals surface area contributed by atoms with Crippen LogP contribution in [0.25, 0.3) is 0 Å². The molecule has 0 radical (unpaired) electrons. The lowest BCUT2D eigenvalue weighted by Crippen LogP contribution is -2.28. The molecule has 0 heterocycles. The number of amides is 1. The van der Waals surface area contributed by atoms with E-state index in [0.29, 0.717) is 36.8 Å². The van der Waals surface area contributed by atoms with Gasteiger partial charge in [0.1, 0.15) is 0 Å². The van der Waals surface area contributed by atoms with Crippen LogP contribution in [0, 0.1) is 17.2 Å². The minimum Gasteiger partial charge on any atom is -0.345 e. The number of rotatable bonds is 8. The SMILES string of the molecule is CC(C)CCS(=O)CCC(=O)N(C)CCC#N. The third kappa shape index (κ3) is 8.87. The van der Waals surface area contributed by atoms with Crippen LogP contribution in [0.15, 0.2) is 0 Å². The quantitative estimate of drug-likeness (QED) is 0.663. The van der Waals surface area contributed by atoms with Crippen LogP contribution in [0.5, 0.6) is 0 Å². The molecule has 17 heavy (non-hydrogen) atoms. The second-order valence-electron chi connectivity index (χ2n) is 4.50. The van der Waals surface area contributed by atoms with Crippen molar-refractivity contribution in [2.45, 2.75) is 33.1 Å². The molecule has 0 aromatic carbocycles. The highest BCUT2D eigenvalue weighted by Gasteiger charge is 2.10. The first-order valence-corrected chi connectivity index (χ1v) is 7.42. The Morgan fingerprint density at radius 3 is 2.59 bits per heavy atom. The zero-order valence-electron chi connectivity index (χ0n) is 10.9. The molecule has 0 aromatic heterocycles. The summed E-state index contributed by atoms with van der Waals surface area (Å²) in [5.74, 6) is 1.63. The van der Waals surface area contributed by atoms with Crippen LogP contribution < -0.4 is 0 Å². The molecule has 1 atom stereocenters. The zero-order chi connectivity index (χ0) is 13.3. The fraction of sp³-hybridized carbons (Fsp3) is 0.833. The second kappa shape index (κ2) is 9.17. The van der Waals surface area contributed by atoms with E-state index in [4.69, 9.17) is 5.26 Å². The Bertz CT molecular complexity index is 297. The predicted octanol–water partition coefficient (Wildman–Crippen LogP) is 1.54. The highest BCUT2D eigenvalue weighted by molar-refractivity contribution is 7.84. The van der Waals surface area contributed by atoms with Crippen LogP contribution >= 0.6 is 0 Å². The summed E-state index contributed by atoms with van der Waals surface area (Å²) in [5, 5.41) is 8.40. The maximum Gasteiger partial charge on any atom is 0.223 e. The molecule has 0 rings (SSSR count). The maximum absolute atomic E-state index is 11.6. The fourth-order valence-electron chi connectivity index (χ4n) is 1.20. The number of hydrogen-bond donors (Lipinski definition) is 0. The van der Waals surface area contributed by atoms with Crippen molar-refractivity contribution in [3.63, 3.8) is 0 Å². The largest absolute Gasteiger partial charge is 0.345 e. The summed E-state index contributed by atoms with van der Waals surface area (Å²) in [4.78, 5) is 13.1. The zero-order valence-corrected chi connectivity index (χ0v) is 11.8. The van der Waals surface area contributed by atoms with Crippen LogP contribution in [0.2, 0.25) is 0 Å². The molecular weight excluding hydrogens is 236 g/mol. The summed E-state index contributed by atoms with van der Waals surface area (Å²) >= 11 is 0. The number of nitriles is 1. The Kier molecular flexibility index (Phi) is 8.69. The summed E-state index contributed by atoms with van der Waals surface area (Å²) in [6.45, 7) is 4.64. The molecule has 98 valence electrons. The van der Waals surface area contributed by atoms with Gasteiger partial charge in [-0.25, -0.2) is 0 Å². The molecule has 0 fully saturated rings. The molecule has 0 aromatic rings. The molecule has 0 aliphatic rings. The van der Waals surface area contributed by atoms with Gasteiger partial charge in [-0.05, 0) is 12.3 Å². The Morgan fingerprint density at radius 2 is 2.06 bits per heavy atom. The van der Waals surface area contributed by atoms with Crippen molar-refractivity contribution in [1.82, 2.24) is 4.90 Å². The molecule has 1 amide bonds. The van der Waals surface area contributed by atoms with E-state index in [1.54, 1.807) is 7.05 Å². The van der Waals surface area contributed by atoms with E-state index in [0.717, 1.165) is 6.42 Å². The number of nitrogens with zero attached hydrogens (tertiary/aromatic N) is 2. The monoisotopic (exact) mass is 258 g/mol. The van der Waals surface area contributed by atoms with Crippen molar-refractivity contribution >= 4 is 16.7 Å². The molecule has 0 aliphatic heterocycles. The Balaban J connectivity index is 3.76. The molecule has 0 saturated carbocycles. The number of carbonyl (C=O) groups is 1. The summed E-state index contributed by atoms with van der Waals surface area (Å²) in [5.41, 5.74) is 0. The van der Waals surface area contributed by atoms with Crippen LogP contribution in [0.4, 0.5) is 0 Å². The van der Waals surface area contributed by atoms with E-state index < -0.39 is 10.8 Å². The molecule has 0 aliphatic carbocycles. The van der Waals surface area contributed by atoms with E-state index >= 15 is 0 Å². The topological polar surface area (TPSA) is 61.2 Å². The highest BCUT2D eigenvalue weighted by Crippen LogP contribution is 2.02. The van der Waals surface area contributed by atoms with Crippen LogP contribution in [0.1, 0.15) is 33.1 Å². The van der Waals surface area contributed by atoms with Crippen molar-refractivity contribution < 1.29 is 9.00 Å². The van der Waals surface area contributed by atoms with E-state index in [2.05, 4.69) is 13.8 Å². The average Bonchev–Trinajstić information content (AvgIpc) is 2.30. The van der Waals surface area contributed by atoms with Crippen LogP contribution in [-0.2, 0) is 15.6 Å². The second-order valence-corrected chi connectivity index (χ2v) is 6.20. The van der Waals surface area contributed by atoms with Crippen molar-refractivity contribution in [1.29, 1.82) is 5.26 Å². The van der Waals surface area contributed by atoms with Crippen molar-refractivity contribution in [2.75, 3.05) is 25.1 Å². The van der Waals surface area contributed by atoms with Gasteiger partial charge in [0.05, 0.1) is 12.5 Å². The Hall–Kier alpha value is -0.890. The lowest BCUT2D eigenvalue weighted by atomic mass is 10.2. The highest BCUT2D eigenvalue weighted by atomic mass is 32.2.